The Balaban J connectivity index is 1.22. The van der Waals surface area contributed by atoms with Gasteiger partial charge in [-0.25, -0.2) is 9.78 Å². The number of rotatable bonds is 3. The van der Waals surface area contributed by atoms with E-state index in [9.17, 15) is 9.59 Å². The Labute approximate surface area is 236 Å². The standard InChI is InChI=1S/C28H27Cl2N5O4/c1-27(2,3)39-26(37)34-13-16-11-17(7-8-19(16)28(14-34)9-10-28)32-25-31-12-18-23(33-25)38-15-35(24(18)36)22-20(29)5-4-6-21(22)30/h4-8,11-12H,9-10,13-15H2,1-3H3,(H,31,32,33). The number of amides is 2. The zero-order valence-electron chi connectivity index (χ0n) is 21.8. The Morgan fingerprint density at radius 2 is 1.90 bits per heavy atom. The summed E-state index contributed by atoms with van der Waals surface area (Å²) in [6.45, 7) is 6.65. The molecule has 3 aliphatic rings. The number of para-hydroxylation sites is 1. The van der Waals surface area contributed by atoms with Crippen LogP contribution in [0.3, 0.4) is 0 Å². The van der Waals surface area contributed by atoms with Gasteiger partial charge in [0.25, 0.3) is 5.91 Å². The highest BCUT2D eigenvalue weighted by Crippen LogP contribution is 2.53. The van der Waals surface area contributed by atoms with E-state index < -0.39 is 5.60 Å². The molecule has 6 rings (SSSR count). The van der Waals surface area contributed by atoms with Crippen LogP contribution in [0.5, 0.6) is 5.88 Å². The van der Waals surface area contributed by atoms with Crippen molar-refractivity contribution in [1.82, 2.24) is 14.9 Å². The van der Waals surface area contributed by atoms with E-state index in [4.69, 9.17) is 32.7 Å². The fraction of sp³-hybridized carbons (Fsp3) is 0.357. The van der Waals surface area contributed by atoms with Crippen molar-refractivity contribution in [2.45, 2.75) is 51.2 Å². The number of nitrogens with one attached hydrogen (secondary N) is 1. The Morgan fingerprint density at radius 3 is 2.59 bits per heavy atom. The van der Waals surface area contributed by atoms with E-state index in [1.165, 1.54) is 16.7 Å². The van der Waals surface area contributed by atoms with Crippen molar-refractivity contribution < 1.29 is 19.1 Å². The van der Waals surface area contributed by atoms with Crippen molar-refractivity contribution in [3.8, 4) is 5.88 Å². The van der Waals surface area contributed by atoms with Crippen LogP contribution in [-0.2, 0) is 16.7 Å². The van der Waals surface area contributed by atoms with E-state index in [1.54, 1.807) is 23.1 Å². The van der Waals surface area contributed by atoms with Crippen molar-refractivity contribution in [3.63, 3.8) is 0 Å². The zero-order chi connectivity index (χ0) is 27.5. The second kappa shape index (κ2) is 9.27. The van der Waals surface area contributed by atoms with Gasteiger partial charge < -0.3 is 19.7 Å². The smallest absolute Gasteiger partial charge is 0.410 e. The molecule has 0 atom stereocenters. The largest absolute Gasteiger partial charge is 0.455 e. The van der Waals surface area contributed by atoms with Crippen LogP contribution in [0.1, 0.15) is 55.1 Å². The number of hydrogen-bond donors (Lipinski definition) is 1. The fourth-order valence-electron chi connectivity index (χ4n) is 5.12. The number of fused-ring (bicyclic) bond motifs is 3. The number of aromatic nitrogens is 2. The Bertz CT molecular complexity index is 1480. The van der Waals surface area contributed by atoms with Crippen LogP contribution < -0.4 is 15.0 Å². The summed E-state index contributed by atoms with van der Waals surface area (Å²) in [4.78, 5) is 37.9. The lowest BCUT2D eigenvalue weighted by molar-refractivity contribution is 0.0196. The summed E-state index contributed by atoms with van der Waals surface area (Å²) in [5, 5.41) is 3.89. The van der Waals surface area contributed by atoms with Crippen LogP contribution >= 0.6 is 23.2 Å². The molecule has 2 aromatic carbocycles. The third-order valence-corrected chi connectivity index (χ3v) is 7.67. The number of ether oxygens (including phenoxy) is 2. The number of halogens is 2. The van der Waals surface area contributed by atoms with Gasteiger partial charge in [0, 0.05) is 30.4 Å². The van der Waals surface area contributed by atoms with E-state index in [1.807, 2.05) is 32.9 Å². The van der Waals surface area contributed by atoms with E-state index in [0.29, 0.717) is 28.8 Å². The summed E-state index contributed by atoms with van der Waals surface area (Å²) in [7, 11) is 0. The SMILES string of the molecule is CC(C)(C)OC(=O)N1Cc2cc(Nc3ncc4c(n3)OCN(c3c(Cl)cccc3Cl)C4=O)ccc2C2(CC2)C1. The summed E-state index contributed by atoms with van der Waals surface area (Å²) in [5.41, 5.74) is 3.12. The lowest BCUT2D eigenvalue weighted by atomic mass is 9.87. The average Bonchev–Trinajstić information content (AvgIpc) is 3.63. The number of benzene rings is 2. The molecule has 11 heteroatoms. The highest BCUT2D eigenvalue weighted by atomic mass is 35.5. The number of carbonyl (C=O) groups excluding carboxylic acids is 2. The first-order valence-electron chi connectivity index (χ1n) is 12.7. The molecule has 3 heterocycles. The van der Waals surface area contributed by atoms with Crippen LogP contribution in [0, 0.1) is 0 Å². The van der Waals surface area contributed by atoms with Crippen molar-refractivity contribution in [2.75, 3.05) is 23.5 Å². The Morgan fingerprint density at radius 1 is 1.15 bits per heavy atom. The molecule has 1 saturated carbocycles. The lowest BCUT2D eigenvalue weighted by Gasteiger charge is -2.36. The first-order valence-corrected chi connectivity index (χ1v) is 13.4. The van der Waals surface area contributed by atoms with E-state index >= 15 is 0 Å². The third kappa shape index (κ3) is 4.85. The second-order valence-electron chi connectivity index (χ2n) is 11.1. The Hall–Kier alpha value is -3.56. The molecule has 202 valence electrons. The van der Waals surface area contributed by atoms with Crippen LogP contribution in [0.2, 0.25) is 10.0 Å². The molecule has 0 radical (unpaired) electrons. The molecular formula is C28H27Cl2N5O4. The molecule has 9 nitrogen and oxygen atoms in total. The van der Waals surface area contributed by atoms with Crippen molar-refractivity contribution in [2.24, 2.45) is 0 Å². The van der Waals surface area contributed by atoms with Gasteiger partial charge in [-0.3, -0.25) is 9.69 Å². The molecule has 1 aliphatic carbocycles. The summed E-state index contributed by atoms with van der Waals surface area (Å²) in [5.74, 6) is 0.0955. The summed E-state index contributed by atoms with van der Waals surface area (Å²) < 4.78 is 11.4. The number of nitrogens with zero attached hydrogens (tertiary/aromatic N) is 4. The fourth-order valence-corrected chi connectivity index (χ4v) is 5.72. The van der Waals surface area contributed by atoms with Gasteiger partial charge in [0.15, 0.2) is 6.73 Å². The van der Waals surface area contributed by atoms with Crippen molar-refractivity contribution in [3.05, 3.63) is 69.3 Å². The average molecular weight is 568 g/mol. The highest BCUT2D eigenvalue weighted by Gasteiger charge is 2.50. The minimum atomic E-state index is -0.554. The maximum atomic E-state index is 13.2. The van der Waals surface area contributed by atoms with Gasteiger partial charge in [0.2, 0.25) is 11.8 Å². The van der Waals surface area contributed by atoms with Gasteiger partial charge in [-0.1, -0.05) is 35.3 Å². The highest BCUT2D eigenvalue weighted by molar-refractivity contribution is 6.40. The quantitative estimate of drug-likeness (QED) is 0.396. The van der Waals surface area contributed by atoms with Gasteiger partial charge in [0.05, 0.1) is 15.7 Å². The third-order valence-electron chi connectivity index (χ3n) is 7.06. The molecule has 1 aromatic heterocycles. The lowest BCUT2D eigenvalue weighted by Crippen LogP contribution is -2.44. The molecule has 1 spiro atoms. The van der Waals surface area contributed by atoms with Crippen LogP contribution in [0.25, 0.3) is 0 Å². The molecule has 0 saturated heterocycles. The number of anilines is 3. The molecule has 1 N–H and O–H groups in total. The van der Waals surface area contributed by atoms with Crippen LogP contribution in [-0.4, -0.2) is 45.7 Å². The predicted molar refractivity (Wildman–Crippen MR) is 148 cm³/mol. The predicted octanol–water partition coefficient (Wildman–Crippen LogP) is 6.31. The minimum Gasteiger partial charge on any atom is -0.455 e. The molecule has 2 amide bonds. The van der Waals surface area contributed by atoms with Gasteiger partial charge in [-0.05, 0) is 69.0 Å². The molecule has 39 heavy (non-hydrogen) atoms. The molecule has 0 bridgehead atoms. The normalized spacial score (nSPS) is 17.3. The maximum absolute atomic E-state index is 13.2. The summed E-state index contributed by atoms with van der Waals surface area (Å²) >= 11 is 12.6. The van der Waals surface area contributed by atoms with Crippen LogP contribution in [0.4, 0.5) is 22.1 Å². The van der Waals surface area contributed by atoms with Crippen LogP contribution in [0.15, 0.2) is 42.6 Å². The van der Waals surface area contributed by atoms with E-state index in [2.05, 4.69) is 21.4 Å². The van der Waals surface area contributed by atoms with Gasteiger partial charge >= 0.3 is 6.09 Å². The molecule has 1 fully saturated rings. The summed E-state index contributed by atoms with van der Waals surface area (Å²) in [6, 6.07) is 11.1. The first-order chi connectivity index (χ1) is 18.5. The molecule has 3 aromatic rings. The summed E-state index contributed by atoms with van der Waals surface area (Å²) in [6.07, 6.45) is 3.21. The van der Waals surface area contributed by atoms with E-state index in [0.717, 1.165) is 24.1 Å². The Kier molecular flexibility index (Phi) is 6.11. The zero-order valence-corrected chi connectivity index (χ0v) is 23.3. The minimum absolute atomic E-state index is 0.00401. The second-order valence-corrected chi connectivity index (χ2v) is 11.9. The first kappa shape index (κ1) is 25.7. The molecule has 2 aliphatic heterocycles. The van der Waals surface area contributed by atoms with Crippen molar-refractivity contribution >= 4 is 52.5 Å². The van der Waals surface area contributed by atoms with Gasteiger partial charge in [0.1, 0.15) is 11.2 Å². The number of hydrogen-bond acceptors (Lipinski definition) is 7. The molecular weight excluding hydrogens is 541 g/mol. The van der Waals surface area contributed by atoms with Gasteiger partial charge in [-0.2, -0.15) is 4.98 Å². The molecule has 0 unspecified atom stereocenters. The van der Waals surface area contributed by atoms with Gasteiger partial charge in [-0.15, -0.1) is 0 Å². The van der Waals surface area contributed by atoms with Crippen molar-refractivity contribution in [1.29, 1.82) is 0 Å². The maximum Gasteiger partial charge on any atom is 0.410 e. The van der Waals surface area contributed by atoms with E-state index in [-0.39, 0.29) is 41.5 Å². The number of carbonyl (C=O) groups is 2. The topological polar surface area (TPSA) is 96.9 Å². The monoisotopic (exact) mass is 567 g/mol.